The zero-order valence-corrected chi connectivity index (χ0v) is 6.49. The van der Waals surface area contributed by atoms with Gasteiger partial charge in [0.15, 0.2) is 0 Å². The van der Waals surface area contributed by atoms with Crippen molar-refractivity contribution >= 4 is 31.0 Å². The Bertz CT molecular complexity index is 277. The van der Waals surface area contributed by atoms with Crippen LogP contribution in [0, 0.1) is 0 Å². The van der Waals surface area contributed by atoms with Gasteiger partial charge in [-0.05, 0) is 15.9 Å². The lowest BCUT2D eigenvalue weighted by atomic mass is 11.0. The highest BCUT2D eigenvalue weighted by Gasteiger charge is 2.30. The van der Waals surface area contributed by atoms with Crippen LogP contribution in [0.5, 0.6) is 0 Å². The van der Waals surface area contributed by atoms with E-state index in [1.54, 1.807) is 0 Å². The van der Waals surface area contributed by atoms with Crippen molar-refractivity contribution < 1.29 is 13.2 Å². The van der Waals surface area contributed by atoms with Gasteiger partial charge in [-0.2, -0.15) is 0 Å². The van der Waals surface area contributed by atoms with Crippen LogP contribution < -0.4 is 5.32 Å². The Morgan fingerprint density at radius 3 is 2.22 bits per heavy atom. The molecule has 0 aromatic heterocycles. The predicted octanol–water partition coefficient (Wildman–Crippen LogP) is 0.318. The van der Waals surface area contributed by atoms with Crippen LogP contribution in [0.15, 0.2) is 10.0 Å². The number of rotatable bonds is 0. The molecule has 6 heteroatoms. The van der Waals surface area contributed by atoms with Gasteiger partial charge in [-0.3, -0.25) is 4.79 Å². The summed E-state index contributed by atoms with van der Waals surface area (Å²) in [4.78, 5) is 10.3. The lowest BCUT2D eigenvalue weighted by molar-refractivity contribution is 0.262. The van der Waals surface area contributed by atoms with E-state index < -0.39 is 15.1 Å². The summed E-state index contributed by atoms with van der Waals surface area (Å²) in [6.07, 6.45) is 1.09. The first kappa shape index (κ1) is 6.76. The fourth-order valence-corrected chi connectivity index (χ4v) is 1.52. The average molecular weight is 212 g/mol. The van der Waals surface area contributed by atoms with Crippen LogP contribution >= 0.6 is 15.9 Å². The van der Waals surface area contributed by atoms with Crippen LogP contribution in [0.4, 0.5) is 4.79 Å². The molecule has 0 aromatic carbocycles. The maximum absolute atomic E-state index is 10.6. The maximum atomic E-state index is 10.6. The van der Waals surface area contributed by atoms with Gasteiger partial charge in [-0.25, -0.2) is 8.42 Å². The highest BCUT2D eigenvalue weighted by atomic mass is 79.9. The van der Waals surface area contributed by atoms with E-state index >= 15 is 0 Å². The van der Waals surface area contributed by atoms with Gasteiger partial charge in [-0.1, -0.05) is 0 Å². The molecular formula is C3H2BrNO3S. The minimum Gasteiger partial charge on any atom is -0.317 e. The first-order valence-corrected chi connectivity index (χ1v) is 4.24. The standard InChI is InChI=1S/C3H2BrNO3S/c4-2-1-5-3(6)9(2,7)8/h1H,(H,5,6). The third kappa shape index (κ3) is 0.878. The molecule has 0 fully saturated rings. The predicted molar refractivity (Wildman–Crippen MR) is 34.5 cm³/mol. The van der Waals surface area contributed by atoms with Crippen molar-refractivity contribution in [2.75, 3.05) is 0 Å². The van der Waals surface area contributed by atoms with Crippen LogP contribution in [-0.2, 0) is 9.84 Å². The maximum Gasteiger partial charge on any atom is 0.345 e. The van der Waals surface area contributed by atoms with Gasteiger partial charge in [0.1, 0.15) is 3.81 Å². The van der Waals surface area contributed by atoms with E-state index in [2.05, 4.69) is 15.9 Å². The normalized spacial score (nSPS) is 23.2. The van der Waals surface area contributed by atoms with Crippen molar-refractivity contribution in [2.45, 2.75) is 0 Å². The van der Waals surface area contributed by atoms with Crippen LogP contribution in [0.2, 0.25) is 0 Å². The van der Waals surface area contributed by atoms with Gasteiger partial charge in [-0.15, -0.1) is 0 Å². The van der Waals surface area contributed by atoms with Crippen LogP contribution in [-0.4, -0.2) is 13.7 Å². The van der Waals surface area contributed by atoms with E-state index in [0.717, 1.165) is 6.20 Å². The lowest BCUT2D eigenvalue weighted by Crippen LogP contribution is -2.16. The van der Waals surface area contributed by atoms with E-state index in [4.69, 9.17) is 0 Å². The van der Waals surface area contributed by atoms with Gasteiger partial charge in [0.05, 0.1) is 0 Å². The van der Waals surface area contributed by atoms with E-state index in [-0.39, 0.29) is 3.81 Å². The van der Waals surface area contributed by atoms with Crippen molar-refractivity contribution in [1.82, 2.24) is 5.32 Å². The number of carbonyl (C=O) groups excluding carboxylic acids is 1. The summed E-state index contributed by atoms with van der Waals surface area (Å²) >= 11 is 2.69. The largest absolute Gasteiger partial charge is 0.345 e. The molecule has 1 amide bonds. The van der Waals surface area contributed by atoms with Gasteiger partial charge in [0, 0.05) is 6.20 Å². The van der Waals surface area contributed by atoms with Crippen molar-refractivity contribution in [3.63, 3.8) is 0 Å². The molecule has 1 N–H and O–H groups in total. The smallest absolute Gasteiger partial charge is 0.317 e. The number of sulfone groups is 1. The molecule has 1 rings (SSSR count). The molecule has 50 valence electrons. The van der Waals surface area contributed by atoms with Gasteiger partial charge in [0.2, 0.25) is 0 Å². The zero-order chi connectivity index (χ0) is 7.07. The Morgan fingerprint density at radius 1 is 1.56 bits per heavy atom. The summed E-state index contributed by atoms with van der Waals surface area (Å²) in [6.45, 7) is 0. The second kappa shape index (κ2) is 1.81. The minimum absolute atomic E-state index is 0.111. The van der Waals surface area contributed by atoms with Gasteiger partial charge in [0.25, 0.3) is 9.84 Å². The van der Waals surface area contributed by atoms with E-state index in [1.807, 2.05) is 5.32 Å². The van der Waals surface area contributed by atoms with Gasteiger partial charge >= 0.3 is 5.24 Å². The number of amides is 1. The molecule has 1 aliphatic heterocycles. The Morgan fingerprint density at radius 2 is 2.11 bits per heavy atom. The van der Waals surface area contributed by atoms with Crippen molar-refractivity contribution in [2.24, 2.45) is 0 Å². The second-order valence-electron chi connectivity index (χ2n) is 1.38. The molecule has 0 saturated carbocycles. The molecule has 1 heterocycles. The summed E-state index contributed by atoms with van der Waals surface area (Å²) in [5.41, 5.74) is 0. The van der Waals surface area contributed by atoms with Crippen LogP contribution in [0.1, 0.15) is 0 Å². The fraction of sp³-hybridized carbons (Fsp3) is 0. The van der Waals surface area contributed by atoms with Crippen LogP contribution in [0.3, 0.4) is 0 Å². The summed E-state index contributed by atoms with van der Waals surface area (Å²) in [7, 11) is -3.68. The number of hydrogen-bond donors (Lipinski definition) is 1. The third-order valence-corrected chi connectivity index (χ3v) is 3.55. The molecule has 0 aromatic rings. The summed E-state index contributed by atoms with van der Waals surface area (Å²) in [6, 6.07) is 0. The molecule has 4 nitrogen and oxygen atoms in total. The summed E-state index contributed by atoms with van der Waals surface area (Å²) < 4.78 is 21.0. The average Bonchev–Trinajstić information content (AvgIpc) is 1.96. The molecule has 0 aliphatic carbocycles. The first-order valence-electron chi connectivity index (χ1n) is 1.96. The van der Waals surface area contributed by atoms with Crippen LogP contribution in [0.25, 0.3) is 0 Å². The lowest BCUT2D eigenvalue weighted by Gasteiger charge is -1.85. The molecule has 1 aliphatic rings. The Balaban J connectivity index is 3.25. The quantitative estimate of drug-likeness (QED) is 0.628. The molecule has 0 radical (unpaired) electrons. The first-order chi connectivity index (χ1) is 4.05. The van der Waals surface area contributed by atoms with E-state index in [0.29, 0.717) is 0 Å². The van der Waals surface area contributed by atoms with Crippen molar-refractivity contribution in [1.29, 1.82) is 0 Å². The number of nitrogens with one attached hydrogen (secondary N) is 1. The molecular weight excluding hydrogens is 210 g/mol. The van der Waals surface area contributed by atoms with Gasteiger partial charge < -0.3 is 5.32 Å². The molecule has 0 unspecified atom stereocenters. The number of hydrogen-bond acceptors (Lipinski definition) is 3. The van der Waals surface area contributed by atoms with E-state index in [1.165, 1.54) is 0 Å². The Labute approximate surface area is 60.0 Å². The molecule has 0 atom stereocenters. The molecule has 0 saturated heterocycles. The molecule has 0 bridgehead atoms. The van der Waals surface area contributed by atoms with Crippen molar-refractivity contribution in [3.05, 3.63) is 10.0 Å². The highest BCUT2D eigenvalue weighted by Crippen LogP contribution is 2.18. The molecule has 9 heavy (non-hydrogen) atoms. The number of carbonyl (C=O) groups is 1. The number of halogens is 1. The SMILES string of the molecule is O=C1NC=C(Br)S1(=O)=O. The topological polar surface area (TPSA) is 63.2 Å². The summed E-state index contributed by atoms with van der Waals surface area (Å²) in [5.74, 6) is 0. The monoisotopic (exact) mass is 211 g/mol. The Hall–Kier alpha value is -0.360. The van der Waals surface area contributed by atoms with Crippen molar-refractivity contribution in [3.8, 4) is 0 Å². The zero-order valence-electron chi connectivity index (χ0n) is 4.09. The second-order valence-corrected chi connectivity index (χ2v) is 4.58. The fourth-order valence-electron chi connectivity index (χ4n) is 0.359. The third-order valence-electron chi connectivity index (χ3n) is 0.804. The molecule has 0 spiro atoms. The van der Waals surface area contributed by atoms with E-state index in [9.17, 15) is 13.2 Å². The Kier molecular flexibility index (Phi) is 1.36. The minimum atomic E-state index is -3.68. The summed E-state index contributed by atoms with van der Waals surface area (Å²) in [5, 5.41) is 1.05. The highest BCUT2D eigenvalue weighted by molar-refractivity contribution is 9.14.